The van der Waals surface area contributed by atoms with Gasteiger partial charge in [-0.2, -0.15) is 0 Å². The molecule has 0 bridgehead atoms. The summed E-state index contributed by atoms with van der Waals surface area (Å²) >= 11 is 0. The molecule has 4 saturated carbocycles. The highest BCUT2D eigenvalue weighted by molar-refractivity contribution is 5.69. The van der Waals surface area contributed by atoms with Gasteiger partial charge in [-0.05, 0) is 111 Å². The third-order valence-electron chi connectivity index (χ3n) is 13.8. The van der Waals surface area contributed by atoms with Gasteiger partial charge in [-0.3, -0.25) is 4.79 Å². The number of hydrogen-bond donors (Lipinski definition) is 3. The van der Waals surface area contributed by atoms with Crippen LogP contribution in [0.5, 0.6) is 0 Å². The van der Waals surface area contributed by atoms with Gasteiger partial charge in [0.05, 0.1) is 11.9 Å². The zero-order chi connectivity index (χ0) is 33.3. The van der Waals surface area contributed by atoms with Crippen molar-refractivity contribution in [1.29, 1.82) is 0 Å². The molecule has 4 aliphatic rings. The summed E-state index contributed by atoms with van der Waals surface area (Å²) in [6.07, 6.45) is 25.6. The molecule has 5 rings (SSSR count). The molecule has 0 aromatic carbocycles. The van der Waals surface area contributed by atoms with Crippen LogP contribution in [0, 0.1) is 28.6 Å². The van der Waals surface area contributed by atoms with Gasteiger partial charge >= 0.3 is 11.6 Å². The van der Waals surface area contributed by atoms with E-state index in [1.54, 1.807) is 6.26 Å². The van der Waals surface area contributed by atoms with Crippen LogP contribution in [0.2, 0.25) is 0 Å². The van der Waals surface area contributed by atoms with Crippen LogP contribution < -0.4 is 5.63 Å². The number of unbranched alkanes of at least 4 members (excludes halogenated alkanes) is 12. The second kappa shape index (κ2) is 16.8. The van der Waals surface area contributed by atoms with Crippen molar-refractivity contribution in [3.63, 3.8) is 0 Å². The molecule has 47 heavy (non-hydrogen) atoms. The summed E-state index contributed by atoms with van der Waals surface area (Å²) in [7, 11) is 0. The SMILES string of the molecule is C[C@]12CC[C@H]3[C@@H](CC[C@@H]4C[C@@H](OC(=O)CCCCCCCCCCCCCCCO)CC[C@@]43CO)[C@@]1(O)CC[C@@H]2c1ccc(=O)oc1. The van der Waals surface area contributed by atoms with Gasteiger partial charge in [-0.25, -0.2) is 4.79 Å². The number of carbonyl (C=O) groups excluding carboxylic acids is 1. The largest absolute Gasteiger partial charge is 0.462 e. The molecule has 0 unspecified atom stereocenters. The number of hydrogen-bond acceptors (Lipinski definition) is 7. The summed E-state index contributed by atoms with van der Waals surface area (Å²) < 4.78 is 11.3. The molecule has 8 atom stereocenters. The molecule has 7 nitrogen and oxygen atoms in total. The highest BCUT2D eigenvalue weighted by Crippen LogP contribution is 2.70. The maximum absolute atomic E-state index is 12.8. The number of ether oxygens (including phenoxy) is 1. The lowest BCUT2D eigenvalue weighted by Gasteiger charge is -2.64. The van der Waals surface area contributed by atoms with Crippen LogP contribution in [0.15, 0.2) is 27.6 Å². The average Bonchev–Trinajstić information content (AvgIpc) is 3.35. The second-order valence-corrected chi connectivity index (χ2v) is 16.2. The molecular formula is C40H64O7. The van der Waals surface area contributed by atoms with Crippen LogP contribution in [0.1, 0.15) is 166 Å². The molecule has 0 amide bonds. The molecule has 0 spiro atoms. The van der Waals surface area contributed by atoms with E-state index in [4.69, 9.17) is 14.3 Å². The first-order valence-corrected chi connectivity index (χ1v) is 19.5. The van der Waals surface area contributed by atoms with E-state index in [1.807, 2.05) is 6.07 Å². The quantitative estimate of drug-likeness (QED) is 0.108. The number of rotatable bonds is 18. The van der Waals surface area contributed by atoms with Gasteiger partial charge < -0.3 is 24.5 Å². The minimum atomic E-state index is -0.797. The van der Waals surface area contributed by atoms with Gasteiger partial charge in [0.15, 0.2) is 0 Å². The summed E-state index contributed by atoms with van der Waals surface area (Å²) in [6.45, 7) is 2.71. The minimum absolute atomic E-state index is 0.0565. The fourth-order valence-corrected chi connectivity index (χ4v) is 11.1. The number of aliphatic hydroxyl groups excluding tert-OH is 2. The van der Waals surface area contributed by atoms with E-state index < -0.39 is 5.60 Å². The standard InChI is InChI=1S/C40H64O7/c1-38-23-21-34-35(40(38,45)25-22-33(38)30-16-19-36(43)46-28-30)18-17-31-27-32(20-24-39(31,34)29-42)47-37(44)15-13-11-9-7-5-3-2-4-6-8-10-12-14-26-41/h16,19,28,31-35,41-42,45H,2-15,17-18,20-27,29H2,1H3/t31-,32+,33-,34+,35-,38-,39-,40+/m1/s1. The van der Waals surface area contributed by atoms with Gasteiger partial charge in [-0.1, -0.05) is 77.6 Å². The topological polar surface area (TPSA) is 117 Å². The van der Waals surface area contributed by atoms with E-state index in [-0.39, 0.29) is 52.9 Å². The van der Waals surface area contributed by atoms with Gasteiger partial charge in [-0.15, -0.1) is 0 Å². The zero-order valence-corrected chi connectivity index (χ0v) is 29.3. The van der Waals surface area contributed by atoms with Crippen molar-refractivity contribution in [2.45, 2.75) is 172 Å². The van der Waals surface area contributed by atoms with Crippen LogP contribution in [-0.4, -0.2) is 46.2 Å². The second-order valence-electron chi connectivity index (χ2n) is 16.2. The Hall–Kier alpha value is -1.70. The van der Waals surface area contributed by atoms with Gasteiger partial charge in [0.2, 0.25) is 0 Å². The maximum Gasteiger partial charge on any atom is 0.335 e. The van der Waals surface area contributed by atoms with E-state index in [9.17, 15) is 19.8 Å². The van der Waals surface area contributed by atoms with E-state index >= 15 is 0 Å². The first-order valence-electron chi connectivity index (χ1n) is 19.5. The van der Waals surface area contributed by atoms with Crippen LogP contribution >= 0.6 is 0 Å². The van der Waals surface area contributed by atoms with Gasteiger partial charge in [0.25, 0.3) is 0 Å². The van der Waals surface area contributed by atoms with Crippen LogP contribution in [-0.2, 0) is 9.53 Å². The number of carbonyl (C=O) groups is 1. The van der Waals surface area contributed by atoms with Crippen LogP contribution in [0.25, 0.3) is 0 Å². The summed E-state index contributed by atoms with van der Waals surface area (Å²) in [5, 5.41) is 32.3. The molecule has 1 heterocycles. The predicted octanol–water partition coefficient (Wildman–Crippen LogP) is 8.22. The van der Waals surface area contributed by atoms with E-state index in [2.05, 4.69) is 6.92 Å². The lowest BCUT2D eigenvalue weighted by Crippen LogP contribution is -2.63. The Morgan fingerprint density at radius 2 is 1.47 bits per heavy atom. The molecule has 1 aromatic heterocycles. The summed E-state index contributed by atoms with van der Waals surface area (Å²) in [6, 6.07) is 3.37. The fraction of sp³-hybridized carbons (Fsp3) is 0.850. The smallest absolute Gasteiger partial charge is 0.335 e. The minimum Gasteiger partial charge on any atom is -0.462 e. The lowest BCUT2D eigenvalue weighted by atomic mass is 9.43. The Kier molecular flexibility index (Phi) is 13.1. The predicted molar refractivity (Wildman–Crippen MR) is 184 cm³/mol. The molecule has 3 N–H and O–H groups in total. The Morgan fingerprint density at radius 1 is 0.809 bits per heavy atom. The third-order valence-corrected chi connectivity index (χ3v) is 13.8. The van der Waals surface area contributed by atoms with Crippen molar-refractivity contribution in [3.05, 3.63) is 34.4 Å². The summed E-state index contributed by atoms with van der Waals surface area (Å²) in [4.78, 5) is 24.4. The molecular weight excluding hydrogens is 592 g/mol. The Morgan fingerprint density at radius 3 is 2.09 bits per heavy atom. The Bertz CT molecular complexity index is 1160. The molecule has 0 aliphatic heterocycles. The van der Waals surface area contributed by atoms with Crippen LogP contribution in [0.3, 0.4) is 0 Å². The van der Waals surface area contributed by atoms with Crippen molar-refractivity contribution in [1.82, 2.24) is 0 Å². The first-order chi connectivity index (χ1) is 22.8. The molecule has 0 saturated heterocycles. The van der Waals surface area contributed by atoms with Gasteiger partial charge in [0, 0.05) is 31.1 Å². The summed E-state index contributed by atoms with van der Waals surface area (Å²) in [5.41, 5.74) is -0.621. The fourth-order valence-electron chi connectivity index (χ4n) is 11.1. The van der Waals surface area contributed by atoms with Crippen molar-refractivity contribution in [2.24, 2.45) is 28.6 Å². The molecule has 0 radical (unpaired) electrons. The van der Waals surface area contributed by atoms with E-state index in [0.717, 1.165) is 89.0 Å². The van der Waals surface area contributed by atoms with Gasteiger partial charge in [0.1, 0.15) is 6.10 Å². The van der Waals surface area contributed by atoms with Crippen LogP contribution in [0.4, 0.5) is 0 Å². The van der Waals surface area contributed by atoms with E-state index in [1.165, 1.54) is 63.9 Å². The lowest BCUT2D eigenvalue weighted by molar-refractivity contribution is -0.219. The molecule has 4 aliphatic carbocycles. The zero-order valence-electron chi connectivity index (χ0n) is 29.3. The van der Waals surface area contributed by atoms with Crippen molar-refractivity contribution in [2.75, 3.05) is 13.2 Å². The van der Waals surface area contributed by atoms with Crippen molar-refractivity contribution < 1.29 is 29.3 Å². The highest BCUT2D eigenvalue weighted by atomic mass is 16.5. The Labute approximate surface area is 283 Å². The summed E-state index contributed by atoms with van der Waals surface area (Å²) in [5.74, 6) is 0.841. The van der Waals surface area contributed by atoms with Crippen molar-refractivity contribution in [3.8, 4) is 0 Å². The van der Waals surface area contributed by atoms with Crippen molar-refractivity contribution >= 4 is 5.97 Å². The molecule has 4 fully saturated rings. The number of fused-ring (bicyclic) bond motifs is 5. The molecule has 7 heteroatoms. The normalized spacial score (nSPS) is 34.8. The highest BCUT2D eigenvalue weighted by Gasteiger charge is 2.68. The average molecular weight is 657 g/mol. The Balaban J connectivity index is 1.02. The maximum atomic E-state index is 12.8. The third kappa shape index (κ3) is 8.04. The monoisotopic (exact) mass is 656 g/mol. The molecule has 266 valence electrons. The first kappa shape index (κ1) is 36.6. The van der Waals surface area contributed by atoms with E-state index in [0.29, 0.717) is 18.9 Å². The number of aliphatic hydroxyl groups is 3. The number of esters is 1. The molecule has 1 aromatic rings.